The first kappa shape index (κ1) is 12.9. The molecule has 0 aliphatic rings. The van der Waals surface area contributed by atoms with Gasteiger partial charge in [-0.15, -0.1) is 0 Å². The van der Waals surface area contributed by atoms with Crippen molar-refractivity contribution >= 4 is 21.6 Å². The van der Waals surface area contributed by atoms with Crippen LogP contribution in [0.15, 0.2) is 65.5 Å². The fourth-order valence-corrected chi connectivity index (χ4v) is 2.25. The zero-order valence-corrected chi connectivity index (χ0v) is 12.4. The van der Waals surface area contributed by atoms with Crippen molar-refractivity contribution in [1.29, 1.82) is 0 Å². The molecule has 0 atom stereocenters. The van der Waals surface area contributed by atoms with Crippen molar-refractivity contribution in [2.24, 2.45) is 0 Å². The minimum atomic E-state index is 0.816. The molecule has 1 aromatic heterocycles. The second kappa shape index (κ2) is 5.92. The van der Waals surface area contributed by atoms with Crippen molar-refractivity contribution in [3.63, 3.8) is 0 Å². The summed E-state index contributed by atoms with van der Waals surface area (Å²) >= 11 is 3.44. The summed E-state index contributed by atoms with van der Waals surface area (Å²) in [5.74, 6) is 0. The Morgan fingerprint density at radius 2 is 1.75 bits per heavy atom. The van der Waals surface area contributed by atoms with E-state index in [1.54, 1.807) is 6.33 Å². The Kier molecular flexibility index (Phi) is 3.83. The number of rotatable bonds is 4. The van der Waals surface area contributed by atoms with Gasteiger partial charge in [-0.3, -0.25) is 0 Å². The second-order valence-corrected chi connectivity index (χ2v) is 5.44. The third kappa shape index (κ3) is 3.08. The van der Waals surface area contributed by atoms with Gasteiger partial charge in [0.15, 0.2) is 0 Å². The van der Waals surface area contributed by atoms with Crippen molar-refractivity contribution in [2.75, 3.05) is 5.32 Å². The van der Waals surface area contributed by atoms with Gasteiger partial charge in [0.05, 0.1) is 18.2 Å². The molecule has 3 aromatic rings. The first-order valence-electron chi connectivity index (χ1n) is 6.38. The van der Waals surface area contributed by atoms with Crippen LogP contribution < -0.4 is 5.32 Å². The van der Waals surface area contributed by atoms with Crippen LogP contribution >= 0.6 is 15.9 Å². The number of aromatic nitrogens is 2. The summed E-state index contributed by atoms with van der Waals surface area (Å²) in [5.41, 5.74) is 4.53. The van der Waals surface area contributed by atoms with E-state index in [4.69, 9.17) is 0 Å². The van der Waals surface area contributed by atoms with Crippen molar-refractivity contribution in [3.8, 4) is 11.3 Å². The lowest BCUT2D eigenvalue weighted by molar-refractivity contribution is 1.15. The van der Waals surface area contributed by atoms with Gasteiger partial charge in [-0.05, 0) is 35.4 Å². The molecular weight excluding hydrogens is 314 g/mol. The molecule has 0 radical (unpaired) electrons. The van der Waals surface area contributed by atoms with Gasteiger partial charge in [0.2, 0.25) is 0 Å². The largest absolute Gasteiger partial charge is 0.381 e. The van der Waals surface area contributed by atoms with Crippen LogP contribution in [0.2, 0.25) is 0 Å². The Hall–Kier alpha value is -2.07. The molecule has 2 aromatic carbocycles. The SMILES string of the molecule is Brc1ccc(CNc2ccc(-c3cnc[nH]3)cc2)cc1. The van der Waals surface area contributed by atoms with E-state index >= 15 is 0 Å². The number of anilines is 1. The zero-order chi connectivity index (χ0) is 13.8. The molecule has 2 N–H and O–H groups in total. The Morgan fingerprint density at radius 3 is 2.40 bits per heavy atom. The highest BCUT2D eigenvalue weighted by Gasteiger charge is 1.99. The smallest absolute Gasteiger partial charge is 0.0924 e. The van der Waals surface area contributed by atoms with Crippen LogP contribution in [-0.2, 0) is 6.54 Å². The number of nitrogens with zero attached hydrogens (tertiary/aromatic N) is 1. The fraction of sp³-hybridized carbons (Fsp3) is 0.0625. The van der Waals surface area contributed by atoms with E-state index in [2.05, 4.69) is 79.7 Å². The van der Waals surface area contributed by atoms with E-state index in [0.29, 0.717) is 0 Å². The molecule has 0 aliphatic carbocycles. The summed E-state index contributed by atoms with van der Waals surface area (Å²) in [6.45, 7) is 0.816. The van der Waals surface area contributed by atoms with Crippen LogP contribution in [0.25, 0.3) is 11.3 Å². The number of aromatic amines is 1. The topological polar surface area (TPSA) is 40.7 Å². The standard InChI is InChI=1S/C16H14BrN3/c17-14-5-1-12(2-6-14)9-19-15-7-3-13(4-8-15)16-10-18-11-20-16/h1-8,10-11,19H,9H2,(H,18,20). The first-order valence-corrected chi connectivity index (χ1v) is 7.18. The summed E-state index contributed by atoms with van der Waals surface area (Å²) in [4.78, 5) is 7.13. The van der Waals surface area contributed by atoms with E-state index in [1.807, 2.05) is 6.20 Å². The summed E-state index contributed by atoms with van der Waals surface area (Å²) in [7, 11) is 0. The van der Waals surface area contributed by atoms with Gasteiger partial charge < -0.3 is 10.3 Å². The number of H-pyrrole nitrogens is 1. The molecule has 20 heavy (non-hydrogen) atoms. The fourth-order valence-electron chi connectivity index (χ4n) is 1.99. The van der Waals surface area contributed by atoms with E-state index < -0.39 is 0 Å². The molecule has 100 valence electrons. The van der Waals surface area contributed by atoms with E-state index in [1.165, 1.54) is 5.56 Å². The lowest BCUT2D eigenvalue weighted by atomic mass is 10.1. The molecule has 0 bridgehead atoms. The van der Waals surface area contributed by atoms with Crippen LogP contribution in [0.4, 0.5) is 5.69 Å². The lowest BCUT2D eigenvalue weighted by Gasteiger charge is -2.07. The monoisotopic (exact) mass is 327 g/mol. The van der Waals surface area contributed by atoms with Crippen molar-refractivity contribution < 1.29 is 0 Å². The molecule has 1 heterocycles. The third-order valence-corrected chi connectivity index (χ3v) is 3.63. The molecule has 0 unspecified atom stereocenters. The maximum atomic E-state index is 4.03. The van der Waals surface area contributed by atoms with Gasteiger partial charge >= 0.3 is 0 Å². The molecule has 0 saturated carbocycles. The molecule has 0 amide bonds. The number of imidazole rings is 1. The van der Waals surface area contributed by atoms with Crippen LogP contribution in [0.1, 0.15) is 5.56 Å². The number of benzene rings is 2. The van der Waals surface area contributed by atoms with Gasteiger partial charge in [0, 0.05) is 16.7 Å². The van der Waals surface area contributed by atoms with Gasteiger partial charge in [0.25, 0.3) is 0 Å². The van der Waals surface area contributed by atoms with Gasteiger partial charge in [-0.25, -0.2) is 4.98 Å². The summed E-state index contributed by atoms with van der Waals surface area (Å²) < 4.78 is 1.10. The predicted octanol–water partition coefficient (Wildman–Crippen LogP) is 4.45. The number of halogens is 1. The highest BCUT2D eigenvalue weighted by molar-refractivity contribution is 9.10. The van der Waals surface area contributed by atoms with Crippen LogP contribution in [0.3, 0.4) is 0 Å². The second-order valence-electron chi connectivity index (χ2n) is 4.52. The number of hydrogen-bond donors (Lipinski definition) is 2. The highest BCUT2D eigenvalue weighted by atomic mass is 79.9. The highest BCUT2D eigenvalue weighted by Crippen LogP contribution is 2.19. The molecular formula is C16H14BrN3. The molecule has 3 rings (SSSR count). The molecule has 0 fully saturated rings. The van der Waals surface area contributed by atoms with Crippen molar-refractivity contribution in [3.05, 3.63) is 71.1 Å². The maximum absolute atomic E-state index is 4.03. The Labute approximate surface area is 126 Å². The van der Waals surface area contributed by atoms with Crippen LogP contribution in [0, 0.1) is 0 Å². The van der Waals surface area contributed by atoms with Crippen LogP contribution in [0.5, 0.6) is 0 Å². The van der Waals surface area contributed by atoms with Gasteiger partial charge in [-0.2, -0.15) is 0 Å². The lowest BCUT2D eigenvalue weighted by Crippen LogP contribution is -1.98. The molecule has 3 nitrogen and oxygen atoms in total. The number of nitrogens with one attached hydrogen (secondary N) is 2. The van der Waals surface area contributed by atoms with Gasteiger partial charge in [0.1, 0.15) is 0 Å². The van der Waals surface area contributed by atoms with E-state index in [0.717, 1.165) is 28.0 Å². The Morgan fingerprint density at radius 1 is 1.00 bits per heavy atom. The summed E-state index contributed by atoms with van der Waals surface area (Å²) in [5, 5.41) is 3.41. The van der Waals surface area contributed by atoms with Gasteiger partial charge in [-0.1, -0.05) is 40.2 Å². The average Bonchev–Trinajstić information content (AvgIpc) is 3.01. The maximum Gasteiger partial charge on any atom is 0.0924 e. The Balaban J connectivity index is 1.65. The zero-order valence-electron chi connectivity index (χ0n) is 10.8. The predicted molar refractivity (Wildman–Crippen MR) is 85.5 cm³/mol. The van der Waals surface area contributed by atoms with E-state index in [-0.39, 0.29) is 0 Å². The van der Waals surface area contributed by atoms with Crippen LogP contribution in [-0.4, -0.2) is 9.97 Å². The van der Waals surface area contributed by atoms with Crippen molar-refractivity contribution in [2.45, 2.75) is 6.54 Å². The van der Waals surface area contributed by atoms with Crippen molar-refractivity contribution in [1.82, 2.24) is 9.97 Å². The third-order valence-electron chi connectivity index (χ3n) is 3.10. The molecule has 0 spiro atoms. The normalized spacial score (nSPS) is 10.4. The Bertz CT molecular complexity index is 658. The minimum Gasteiger partial charge on any atom is -0.381 e. The summed E-state index contributed by atoms with van der Waals surface area (Å²) in [6, 6.07) is 16.6. The summed E-state index contributed by atoms with van der Waals surface area (Å²) in [6.07, 6.45) is 3.51. The average molecular weight is 328 g/mol. The first-order chi connectivity index (χ1) is 9.81. The molecule has 0 aliphatic heterocycles. The molecule has 4 heteroatoms. The van der Waals surface area contributed by atoms with E-state index in [9.17, 15) is 0 Å². The minimum absolute atomic E-state index is 0.816. The molecule has 0 saturated heterocycles. The quantitative estimate of drug-likeness (QED) is 0.743. The number of hydrogen-bond acceptors (Lipinski definition) is 2.